The van der Waals surface area contributed by atoms with Crippen molar-refractivity contribution < 1.29 is 4.74 Å². The number of benzene rings is 1. The van der Waals surface area contributed by atoms with Crippen LogP contribution in [-0.4, -0.2) is 46.8 Å². The molecule has 4 rings (SSSR count). The molecular weight excluding hydrogens is 364 g/mol. The molecule has 1 fully saturated rings. The molecule has 0 unspecified atom stereocenters. The lowest BCUT2D eigenvalue weighted by molar-refractivity contribution is 0.359. The quantitative estimate of drug-likeness (QED) is 0.651. The lowest BCUT2D eigenvalue weighted by Crippen LogP contribution is -2.35. The number of ether oxygens (including phenoxy) is 1. The summed E-state index contributed by atoms with van der Waals surface area (Å²) < 4.78 is 8.89. The number of nitrogens with one attached hydrogen (secondary N) is 1. The van der Waals surface area contributed by atoms with Gasteiger partial charge in [-0.3, -0.25) is 9.29 Å². The lowest BCUT2D eigenvalue weighted by atomic mass is 10.1. The summed E-state index contributed by atoms with van der Waals surface area (Å²) in [7, 11) is 1.68. The van der Waals surface area contributed by atoms with Gasteiger partial charge in [0.25, 0.3) is 0 Å². The maximum atomic E-state index is 5.31. The van der Waals surface area contributed by atoms with Crippen LogP contribution in [0.1, 0.15) is 12.8 Å². The summed E-state index contributed by atoms with van der Waals surface area (Å²) in [6.45, 7) is 2.25. The molecule has 1 N–H and O–H groups in total. The van der Waals surface area contributed by atoms with Crippen molar-refractivity contribution >= 4 is 39.2 Å². The summed E-state index contributed by atoms with van der Waals surface area (Å²) in [5.74, 6) is 0.833. The van der Waals surface area contributed by atoms with Crippen molar-refractivity contribution in [3.8, 4) is 16.3 Å². The summed E-state index contributed by atoms with van der Waals surface area (Å²) >= 11 is 3.53. The van der Waals surface area contributed by atoms with E-state index >= 15 is 0 Å². The molecule has 3 aromatic rings. The van der Waals surface area contributed by atoms with Crippen LogP contribution in [0.25, 0.3) is 20.8 Å². The third kappa shape index (κ3) is 3.65. The van der Waals surface area contributed by atoms with Crippen LogP contribution < -0.4 is 10.1 Å². The first kappa shape index (κ1) is 17.6. The Morgan fingerprint density at radius 2 is 2.12 bits per heavy atom. The number of piperidine rings is 1. The number of pyridine rings is 1. The average Bonchev–Trinajstić information content (AvgIpc) is 3.12. The molecule has 1 aromatic carbocycles. The van der Waals surface area contributed by atoms with Crippen LogP contribution in [-0.2, 0) is 0 Å². The van der Waals surface area contributed by atoms with Crippen molar-refractivity contribution in [1.82, 2.24) is 14.3 Å². The maximum absolute atomic E-state index is 5.31. The third-order valence-corrected chi connectivity index (χ3v) is 6.67. The molecule has 0 aliphatic carbocycles. The van der Waals surface area contributed by atoms with Gasteiger partial charge in [0, 0.05) is 43.3 Å². The zero-order valence-corrected chi connectivity index (χ0v) is 16.6. The summed E-state index contributed by atoms with van der Waals surface area (Å²) in [6.07, 6.45) is 8.21. The highest BCUT2D eigenvalue weighted by Gasteiger charge is 2.20. The third-order valence-electron chi connectivity index (χ3n) is 4.72. The average molecular weight is 387 g/mol. The van der Waals surface area contributed by atoms with Crippen LogP contribution in [0.4, 0.5) is 5.69 Å². The normalized spacial score (nSPS) is 16.1. The molecule has 136 valence electrons. The van der Waals surface area contributed by atoms with Gasteiger partial charge >= 0.3 is 0 Å². The number of hydrogen-bond donors (Lipinski definition) is 1. The van der Waals surface area contributed by atoms with Gasteiger partial charge in [-0.15, -0.1) is 11.3 Å². The monoisotopic (exact) mass is 386 g/mol. The van der Waals surface area contributed by atoms with E-state index < -0.39 is 0 Å². The maximum Gasteiger partial charge on any atom is 0.128 e. The molecule has 0 saturated carbocycles. The number of aromatic nitrogens is 2. The topological polar surface area (TPSA) is 50.3 Å². The van der Waals surface area contributed by atoms with Gasteiger partial charge in [0.2, 0.25) is 0 Å². The number of methoxy groups -OCH3 is 1. The van der Waals surface area contributed by atoms with E-state index in [0.717, 1.165) is 58.2 Å². The molecule has 1 aliphatic heterocycles. The molecule has 2 aromatic heterocycles. The Morgan fingerprint density at radius 1 is 1.27 bits per heavy atom. The second kappa shape index (κ2) is 7.82. The van der Waals surface area contributed by atoms with Crippen molar-refractivity contribution in [3.05, 3.63) is 36.7 Å². The van der Waals surface area contributed by atoms with E-state index in [0.29, 0.717) is 6.04 Å². The first-order valence-corrected chi connectivity index (χ1v) is 10.7. The summed E-state index contributed by atoms with van der Waals surface area (Å²) in [5.41, 5.74) is 3.15. The Balaban J connectivity index is 1.59. The summed E-state index contributed by atoms with van der Waals surface area (Å²) in [5, 5.41) is 4.72. The minimum atomic E-state index is 0.494. The number of hydrogen-bond acceptors (Lipinski definition) is 7. The fourth-order valence-electron chi connectivity index (χ4n) is 3.24. The first-order chi connectivity index (χ1) is 12.8. The van der Waals surface area contributed by atoms with Gasteiger partial charge < -0.3 is 10.1 Å². The molecule has 7 heteroatoms. The Bertz CT molecular complexity index is 890. The fourth-order valence-corrected chi connectivity index (χ4v) is 4.79. The Morgan fingerprint density at radius 3 is 2.88 bits per heavy atom. The van der Waals surface area contributed by atoms with E-state index in [9.17, 15) is 0 Å². The van der Waals surface area contributed by atoms with Crippen molar-refractivity contribution in [2.24, 2.45) is 0 Å². The van der Waals surface area contributed by atoms with Crippen molar-refractivity contribution in [2.75, 3.05) is 31.8 Å². The number of anilines is 1. The molecule has 0 spiro atoms. The Labute approximate surface area is 161 Å². The van der Waals surface area contributed by atoms with Gasteiger partial charge in [0.1, 0.15) is 10.8 Å². The standard InChI is InChI=1S/C19H22N4OS2/c1-24-14-3-4-18-17(11-14)22-19(26-18)15-12-20-8-5-16(15)21-13-6-9-23(25-2)10-7-13/h3-5,8,11-13H,6-7,9-10H2,1-2H3,(H,20,21). The SMILES string of the molecule is COc1ccc2sc(-c3cnccc3NC3CCN(SC)CC3)nc2c1. The second-order valence-electron chi connectivity index (χ2n) is 6.30. The number of nitrogens with zero attached hydrogens (tertiary/aromatic N) is 3. The second-order valence-corrected chi connectivity index (χ2v) is 8.22. The molecule has 0 radical (unpaired) electrons. The van der Waals surface area contributed by atoms with Crippen LogP contribution in [0.5, 0.6) is 5.75 Å². The summed E-state index contributed by atoms with van der Waals surface area (Å²) in [4.78, 5) is 9.15. The van der Waals surface area contributed by atoms with Gasteiger partial charge in [-0.2, -0.15) is 0 Å². The molecule has 1 aliphatic rings. The highest BCUT2D eigenvalue weighted by atomic mass is 32.2. The number of rotatable bonds is 5. The van der Waals surface area contributed by atoms with Gasteiger partial charge in [0.15, 0.2) is 0 Å². The molecule has 3 heterocycles. The molecule has 0 atom stereocenters. The minimum absolute atomic E-state index is 0.494. The zero-order chi connectivity index (χ0) is 17.9. The van der Waals surface area contributed by atoms with Crippen LogP contribution in [0, 0.1) is 0 Å². The lowest BCUT2D eigenvalue weighted by Gasteiger charge is -2.31. The van der Waals surface area contributed by atoms with E-state index in [2.05, 4.69) is 33.0 Å². The highest BCUT2D eigenvalue weighted by molar-refractivity contribution is 7.96. The van der Waals surface area contributed by atoms with Crippen LogP contribution >= 0.6 is 23.3 Å². The number of thiazole rings is 1. The summed E-state index contributed by atoms with van der Waals surface area (Å²) in [6, 6.07) is 8.58. The van der Waals surface area contributed by atoms with E-state index in [-0.39, 0.29) is 0 Å². The largest absolute Gasteiger partial charge is 0.497 e. The van der Waals surface area contributed by atoms with Gasteiger partial charge in [-0.1, -0.05) is 11.9 Å². The first-order valence-electron chi connectivity index (χ1n) is 8.71. The van der Waals surface area contributed by atoms with Gasteiger partial charge in [0.05, 0.1) is 22.9 Å². The molecule has 26 heavy (non-hydrogen) atoms. The Kier molecular flexibility index (Phi) is 5.28. The number of fused-ring (bicyclic) bond motifs is 1. The predicted octanol–water partition coefficient (Wildman–Crippen LogP) is 4.52. The molecule has 0 bridgehead atoms. The van der Waals surface area contributed by atoms with E-state index in [4.69, 9.17) is 9.72 Å². The predicted molar refractivity (Wildman–Crippen MR) is 111 cm³/mol. The van der Waals surface area contributed by atoms with Crippen LogP contribution in [0.3, 0.4) is 0 Å². The minimum Gasteiger partial charge on any atom is -0.497 e. The zero-order valence-electron chi connectivity index (χ0n) is 14.9. The van der Waals surface area contributed by atoms with Gasteiger partial charge in [-0.05, 0) is 37.3 Å². The molecule has 1 saturated heterocycles. The molecule has 5 nitrogen and oxygen atoms in total. The molecule has 0 amide bonds. The highest BCUT2D eigenvalue weighted by Crippen LogP contribution is 2.36. The van der Waals surface area contributed by atoms with Crippen LogP contribution in [0.15, 0.2) is 36.7 Å². The van der Waals surface area contributed by atoms with E-state index in [1.54, 1.807) is 18.4 Å². The van der Waals surface area contributed by atoms with Gasteiger partial charge in [-0.25, -0.2) is 4.98 Å². The molecular formula is C19H22N4OS2. The van der Waals surface area contributed by atoms with Crippen molar-refractivity contribution in [3.63, 3.8) is 0 Å². The van der Waals surface area contributed by atoms with E-state index in [1.807, 2.05) is 36.5 Å². The van der Waals surface area contributed by atoms with Crippen molar-refractivity contribution in [2.45, 2.75) is 18.9 Å². The smallest absolute Gasteiger partial charge is 0.128 e. The Hall–Kier alpha value is -1.83. The fraction of sp³-hybridized carbons (Fsp3) is 0.368. The van der Waals surface area contributed by atoms with E-state index in [1.165, 1.54) is 0 Å². The van der Waals surface area contributed by atoms with Crippen molar-refractivity contribution in [1.29, 1.82) is 0 Å². The van der Waals surface area contributed by atoms with Crippen LogP contribution in [0.2, 0.25) is 0 Å².